The number of aryl methyl sites for hydroxylation is 1. The number of amides is 2. The van der Waals surface area contributed by atoms with Crippen molar-refractivity contribution in [2.45, 2.75) is 44.7 Å². The van der Waals surface area contributed by atoms with Crippen molar-refractivity contribution in [3.63, 3.8) is 0 Å². The lowest BCUT2D eigenvalue weighted by molar-refractivity contribution is -0.132. The van der Waals surface area contributed by atoms with Crippen LogP contribution in [0.15, 0.2) is 42.6 Å². The number of alkyl halides is 2. The Kier molecular flexibility index (Phi) is 6.73. The van der Waals surface area contributed by atoms with Crippen molar-refractivity contribution in [1.82, 2.24) is 20.0 Å². The molecule has 1 aliphatic heterocycles. The normalized spacial score (nSPS) is 15.0. The van der Waals surface area contributed by atoms with Gasteiger partial charge in [0.15, 0.2) is 0 Å². The van der Waals surface area contributed by atoms with E-state index in [0.717, 1.165) is 10.2 Å². The number of piperidine rings is 1. The van der Waals surface area contributed by atoms with Crippen molar-refractivity contribution in [3.8, 4) is 0 Å². The third kappa shape index (κ3) is 5.37. The molecule has 1 aromatic heterocycles. The molecule has 1 saturated heterocycles. The molecule has 150 valence electrons. The highest BCUT2D eigenvalue weighted by Crippen LogP contribution is 2.14. The molecule has 28 heavy (non-hydrogen) atoms. The maximum absolute atomic E-state index is 12.6. The predicted molar refractivity (Wildman–Crippen MR) is 100 cm³/mol. The van der Waals surface area contributed by atoms with Gasteiger partial charge in [0.2, 0.25) is 5.91 Å². The summed E-state index contributed by atoms with van der Waals surface area (Å²) >= 11 is 0. The highest BCUT2D eigenvalue weighted by Gasteiger charge is 2.25. The Hall–Kier alpha value is -2.77. The van der Waals surface area contributed by atoms with Gasteiger partial charge in [-0.3, -0.25) is 14.3 Å². The topological polar surface area (TPSA) is 67.2 Å². The second kappa shape index (κ2) is 9.43. The third-order valence-electron chi connectivity index (χ3n) is 4.91. The number of nitrogens with zero attached hydrogens (tertiary/aromatic N) is 3. The number of hydrogen-bond acceptors (Lipinski definition) is 3. The molecule has 2 heterocycles. The molecule has 3 rings (SSSR count). The lowest BCUT2D eigenvalue weighted by Crippen LogP contribution is -2.47. The Balaban J connectivity index is 1.44. The summed E-state index contributed by atoms with van der Waals surface area (Å²) in [6, 6.07) is 11.2. The molecular formula is C20H24F2N4O2. The molecule has 1 N–H and O–H groups in total. The van der Waals surface area contributed by atoms with Gasteiger partial charge >= 0.3 is 0 Å². The van der Waals surface area contributed by atoms with Crippen molar-refractivity contribution in [2.24, 2.45) is 0 Å². The van der Waals surface area contributed by atoms with Crippen LogP contribution in [0.25, 0.3) is 0 Å². The van der Waals surface area contributed by atoms with Crippen LogP contribution >= 0.6 is 0 Å². The van der Waals surface area contributed by atoms with Gasteiger partial charge in [0, 0.05) is 31.7 Å². The van der Waals surface area contributed by atoms with Crippen LogP contribution < -0.4 is 5.32 Å². The van der Waals surface area contributed by atoms with E-state index in [2.05, 4.69) is 10.4 Å². The Morgan fingerprint density at radius 1 is 1.14 bits per heavy atom. The first-order chi connectivity index (χ1) is 13.5. The monoisotopic (exact) mass is 390 g/mol. The minimum absolute atomic E-state index is 0.0828. The zero-order valence-corrected chi connectivity index (χ0v) is 15.6. The van der Waals surface area contributed by atoms with Gasteiger partial charge < -0.3 is 10.2 Å². The van der Waals surface area contributed by atoms with Crippen LogP contribution in [0.4, 0.5) is 8.78 Å². The molecule has 0 saturated carbocycles. The highest BCUT2D eigenvalue weighted by molar-refractivity contribution is 5.92. The van der Waals surface area contributed by atoms with E-state index in [-0.39, 0.29) is 17.6 Å². The molecule has 1 aromatic carbocycles. The molecule has 2 amide bonds. The van der Waals surface area contributed by atoms with E-state index in [1.807, 2.05) is 35.2 Å². The largest absolute Gasteiger partial charge is 0.348 e. The lowest BCUT2D eigenvalue weighted by atomic mass is 10.0. The van der Waals surface area contributed by atoms with Gasteiger partial charge in [0.05, 0.1) is 0 Å². The molecule has 1 fully saturated rings. The second-order valence-corrected chi connectivity index (χ2v) is 6.90. The first-order valence-electron chi connectivity index (χ1n) is 9.45. The summed E-state index contributed by atoms with van der Waals surface area (Å²) in [5.74, 6) is -0.296. The number of rotatable bonds is 7. The zero-order chi connectivity index (χ0) is 19.9. The average Bonchev–Trinajstić information content (AvgIpc) is 3.15. The molecule has 0 spiro atoms. The van der Waals surface area contributed by atoms with Crippen molar-refractivity contribution in [3.05, 3.63) is 53.9 Å². The predicted octanol–water partition coefficient (Wildman–Crippen LogP) is 2.50. The Morgan fingerprint density at radius 3 is 2.54 bits per heavy atom. The summed E-state index contributed by atoms with van der Waals surface area (Å²) in [5, 5.41) is 6.64. The minimum Gasteiger partial charge on any atom is -0.348 e. The number of halogens is 2. The van der Waals surface area contributed by atoms with Gasteiger partial charge in [-0.1, -0.05) is 30.3 Å². The van der Waals surface area contributed by atoms with Gasteiger partial charge in [-0.15, -0.1) is 0 Å². The van der Waals surface area contributed by atoms with Crippen LogP contribution in [-0.2, 0) is 17.8 Å². The van der Waals surface area contributed by atoms with E-state index in [1.54, 1.807) is 0 Å². The molecule has 0 aliphatic carbocycles. The summed E-state index contributed by atoms with van der Waals surface area (Å²) in [4.78, 5) is 26.6. The van der Waals surface area contributed by atoms with E-state index in [0.29, 0.717) is 38.8 Å². The standard InChI is InChI=1S/C20H24F2N4O2/c21-18(22)14-26-17(8-11-23-26)20(28)24-16-9-12-25(13-10-16)19(27)7-6-15-4-2-1-3-5-15/h1-5,8,11,16,18H,6-7,9-10,12-14H2,(H,24,28). The molecule has 8 heteroatoms. The molecule has 0 bridgehead atoms. The first kappa shape index (κ1) is 20.0. The van der Waals surface area contributed by atoms with E-state index in [4.69, 9.17) is 0 Å². The van der Waals surface area contributed by atoms with Gasteiger partial charge in [-0.25, -0.2) is 8.78 Å². The number of carbonyl (C=O) groups excluding carboxylic acids is 2. The van der Waals surface area contributed by atoms with Crippen molar-refractivity contribution in [2.75, 3.05) is 13.1 Å². The van der Waals surface area contributed by atoms with Gasteiger partial charge in [0.1, 0.15) is 12.2 Å². The Morgan fingerprint density at radius 2 is 1.86 bits per heavy atom. The summed E-state index contributed by atoms with van der Waals surface area (Å²) in [7, 11) is 0. The average molecular weight is 390 g/mol. The van der Waals surface area contributed by atoms with E-state index >= 15 is 0 Å². The SMILES string of the molecule is O=C(NC1CCN(C(=O)CCc2ccccc2)CC1)c1ccnn1CC(F)F. The fraction of sp³-hybridized carbons (Fsp3) is 0.450. The van der Waals surface area contributed by atoms with E-state index in [1.165, 1.54) is 12.3 Å². The number of hydrogen-bond donors (Lipinski definition) is 1. The van der Waals surface area contributed by atoms with Crippen molar-refractivity contribution in [1.29, 1.82) is 0 Å². The van der Waals surface area contributed by atoms with Crippen LogP contribution in [0.5, 0.6) is 0 Å². The molecule has 0 radical (unpaired) electrons. The molecule has 0 unspecified atom stereocenters. The van der Waals surface area contributed by atoms with E-state index < -0.39 is 18.9 Å². The molecule has 2 aromatic rings. The zero-order valence-electron chi connectivity index (χ0n) is 15.6. The number of aromatic nitrogens is 2. The summed E-state index contributed by atoms with van der Waals surface area (Å²) < 4.78 is 26.1. The number of benzene rings is 1. The minimum atomic E-state index is -2.57. The van der Waals surface area contributed by atoms with Gasteiger partial charge in [-0.2, -0.15) is 5.10 Å². The second-order valence-electron chi connectivity index (χ2n) is 6.90. The Bertz CT molecular complexity index is 787. The van der Waals surface area contributed by atoms with Gasteiger partial charge in [0.25, 0.3) is 12.3 Å². The molecular weight excluding hydrogens is 366 g/mol. The first-order valence-corrected chi connectivity index (χ1v) is 9.45. The molecule has 1 aliphatic rings. The van der Waals surface area contributed by atoms with Gasteiger partial charge in [-0.05, 0) is 30.9 Å². The fourth-order valence-corrected chi connectivity index (χ4v) is 3.39. The molecule has 6 nitrogen and oxygen atoms in total. The fourth-order valence-electron chi connectivity index (χ4n) is 3.39. The van der Waals surface area contributed by atoms with Crippen LogP contribution in [0.3, 0.4) is 0 Å². The number of nitrogens with one attached hydrogen (secondary N) is 1. The maximum Gasteiger partial charge on any atom is 0.269 e. The number of carbonyl (C=O) groups is 2. The molecule has 0 atom stereocenters. The summed E-state index contributed by atoms with van der Waals surface area (Å²) in [5.41, 5.74) is 1.26. The third-order valence-corrected chi connectivity index (χ3v) is 4.91. The van der Waals surface area contributed by atoms with E-state index in [9.17, 15) is 18.4 Å². The van der Waals surface area contributed by atoms with Crippen LogP contribution in [0, 0.1) is 0 Å². The maximum atomic E-state index is 12.6. The quantitative estimate of drug-likeness (QED) is 0.790. The van der Waals surface area contributed by atoms with Crippen LogP contribution in [0.1, 0.15) is 35.3 Å². The summed E-state index contributed by atoms with van der Waals surface area (Å²) in [6.45, 7) is 0.549. The van der Waals surface area contributed by atoms with Crippen molar-refractivity contribution < 1.29 is 18.4 Å². The Labute approximate surface area is 162 Å². The smallest absolute Gasteiger partial charge is 0.269 e. The lowest BCUT2D eigenvalue weighted by Gasteiger charge is -2.32. The summed E-state index contributed by atoms with van der Waals surface area (Å²) in [6.07, 6.45) is 1.23. The van der Waals surface area contributed by atoms with Crippen LogP contribution in [-0.4, -0.2) is 52.1 Å². The van der Waals surface area contributed by atoms with Crippen molar-refractivity contribution >= 4 is 11.8 Å². The number of likely N-dealkylation sites (tertiary alicyclic amines) is 1. The highest BCUT2D eigenvalue weighted by atomic mass is 19.3. The van der Waals surface area contributed by atoms with Crippen LogP contribution in [0.2, 0.25) is 0 Å².